The summed E-state index contributed by atoms with van der Waals surface area (Å²) in [5.74, 6) is 1.45. The molecule has 9 heteroatoms. The molecule has 0 spiro atoms. The summed E-state index contributed by atoms with van der Waals surface area (Å²) in [6, 6.07) is 11.2. The molecule has 0 saturated heterocycles. The number of nitrogen functional groups attached to an aromatic ring is 1. The molecule has 0 radical (unpaired) electrons. The van der Waals surface area contributed by atoms with Crippen molar-refractivity contribution < 1.29 is 19.2 Å². The van der Waals surface area contributed by atoms with Crippen LogP contribution in [0.1, 0.15) is 31.9 Å². The van der Waals surface area contributed by atoms with E-state index in [4.69, 9.17) is 20.1 Å². The van der Waals surface area contributed by atoms with Crippen LogP contribution in [0.15, 0.2) is 40.9 Å². The van der Waals surface area contributed by atoms with Crippen LogP contribution in [0.25, 0.3) is 22.8 Å². The summed E-state index contributed by atoms with van der Waals surface area (Å²) >= 11 is 0. The molecule has 1 aliphatic rings. The number of aliphatic hydroxyl groups excluding tert-OH is 1. The smallest absolute Gasteiger partial charge is 0.258 e. The maximum atomic E-state index is 12.2. The Morgan fingerprint density at radius 3 is 2.85 bits per heavy atom. The molecular formula is C25H31N5O4. The number of anilines is 1. The van der Waals surface area contributed by atoms with Gasteiger partial charge in [-0.3, -0.25) is 9.69 Å². The van der Waals surface area contributed by atoms with Gasteiger partial charge in [-0.2, -0.15) is 4.98 Å². The molecule has 2 heterocycles. The van der Waals surface area contributed by atoms with Crippen molar-refractivity contribution in [2.75, 3.05) is 25.4 Å². The van der Waals surface area contributed by atoms with Crippen molar-refractivity contribution in [3.63, 3.8) is 0 Å². The highest BCUT2D eigenvalue weighted by atomic mass is 16.5. The molecule has 2 aromatic carbocycles. The van der Waals surface area contributed by atoms with Gasteiger partial charge in [0, 0.05) is 30.3 Å². The predicted octanol–water partition coefficient (Wildman–Crippen LogP) is 2.63. The van der Waals surface area contributed by atoms with Crippen LogP contribution in [-0.4, -0.2) is 57.9 Å². The second kappa shape index (κ2) is 10.2. The SMILES string of the molecule is CC(C)Oc1ccc(-c2nc(-c3cccc4c3CCN(CC(=O)N[C@@H](C)CO)C4)no2)cc1N. The molecule has 1 aliphatic heterocycles. The first kappa shape index (κ1) is 23.7. The first-order chi connectivity index (χ1) is 16.3. The van der Waals surface area contributed by atoms with Crippen LogP contribution in [0.5, 0.6) is 5.75 Å². The summed E-state index contributed by atoms with van der Waals surface area (Å²) in [7, 11) is 0. The monoisotopic (exact) mass is 465 g/mol. The molecule has 180 valence electrons. The fourth-order valence-electron chi connectivity index (χ4n) is 4.07. The van der Waals surface area contributed by atoms with Crippen LogP contribution in [0.2, 0.25) is 0 Å². The van der Waals surface area contributed by atoms with Gasteiger partial charge < -0.3 is 25.4 Å². The Labute approximate surface area is 198 Å². The average molecular weight is 466 g/mol. The summed E-state index contributed by atoms with van der Waals surface area (Å²) < 4.78 is 11.3. The molecule has 0 aliphatic carbocycles. The fourth-order valence-corrected chi connectivity index (χ4v) is 4.07. The summed E-state index contributed by atoms with van der Waals surface area (Å²) in [6.07, 6.45) is 0.800. The molecule has 4 N–H and O–H groups in total. The fraction of sp³-hybridized carbons (Fsp3) is 0.400. The first-order valence-corrected chi connectivity index (χ1v) is 11.5. The number of fused-ring (bicyclic) bond motifs is 1. The summed E-state index contributed by atoms with van der Waals surface area (Å²) in [4.78, 5) is 18.9. The van der Waals surface area contributed by atoms with E-state index in [2.05, 4.69) is 26.4 Å². The lowest BCUT2D eigenvalue weighted by Crippen LogP contribution is -2.43. The minimum Gasteiger partial charge on any atom is -0.489 e. The van der Waals surface area contributed by atoms with Crippen molar-refractivity contribution in [3.05, 3.63) is 47.5 Å². The molecule has 1 aromatic heterocycles. The first-order valence-electron chi connectivity index (χ1n) is 11.5. The highest BCUT2D eigenvalue weighted by Gasteiger charge is 2.23. The lowest BCUT2D eigenvalue weighted by molar-refractivity contribution is -0.123. The third-order valence-corrected chi connectivity index (χ3v) is 5.68. The number of hydrogen-bond donors (Lipinski definition) is 3. The van der Waals surface area contributed by atoms with E-state index >= 15 is 0 Å². The molecule has 0 unspecified atom stereocenters. The Bertz CT molecular complexity index is 1160. The predicted molar refractivity (Wildman–Crippen MR) is 129 cm³/mol. The number of rotatable bonds is 8. The summed E-state index contributed by atoms with van der Waals surface area (Å²) in [5.41, 5.74) is 10.6. The molecule has 4 rings (SSSR count). The molecular weight excluding hydrogens is 434 g/mol. The number of carbonyl (C=O) groups is 1. The number of aromatic nitrogens is 2. The molecule has 0 saturated carbocycles. The zero-order chi connectivity index (χ0) is 24.2. The van der Waals surface area contributed by atoms with Crippen LogP contribution in [0.3, 0.4) is 0 Å². The van der Waals surface area contributed by atoms with Gasteiger partial charge in [0.15, 0.2) is 0 Å². The van der Waals surface area contributed by atoms with Gasteiger partial charge in [-0.25, -0.2) is 0 Å². The van der Waals surface area contributed by atoms with E-state index in [-0.39, 0.29) is 31.2 Å². The van der Waals surface area contributed by atoms with Gasteiger partial charge in [-0.05, 0) is 56.5 Å². The molecule has 1 amide bonds. The number of aliphatic hydroxyl groups is 1. The lowest BCUT2D eigenvalue weighted by atomic mass is 9.94. The van der Waals surface area contributed by atoms with Crippen molar-refractivity contribution in [3.8, 4) is 28.6 Å². The third kappa shape index (κ3) is 5.37. The van der Waals surface area contributed by atoms with Gasteiger partial charge in [0.1, 0.15) is 5.75 Å². The largest absolute Gasteiger partial charge is 0.489 e. The van der Waals surface area contributed by atoms with Gasteiger partial charge in [-0.15, -0.1) is 0 Å². The zero-order valence-corrected chi connectivity index (χ0v) is 19.7. The Balaban J connectivity index is 1.50. The van der Waals surface area contributed by atoms with Crippen molar-refractivity contribution >= 4 is 11.6 Å². The number of nitrogens with one attached hydrogen (secondary N) is 1. The highest BCUT2D eigenvalue weighted by Crippen LogP contribution is 2.32. The Kier molecular flexibility index (Phi) is 7.14. The van der Waals surface area contributed by atoms with Crippen molar-refractivity contribution in [1.82, 2.24) is 20.4 Å². The van der Waals surface area contributed by atoms with Crippen LogP contribution >= 0.6 is 0 Å². The molecule has 34 heavy (non-hydrogen) atoms. The van der Waals surface area contributed by atoms with E-state index in [0.717, 1.165) is 35.2 Å². The molecule has 0 bridgehead atoms. The van der Waals surface area contributed by atoms with Crippen LogP contribution in [0, 0.1) is 0 Å². The van der Waals surface area contributed by atoms with E-state index < -0.39 is 0 Å². The van der Waals surface area contributed by atoms with Crippen molar-refractivity contribution in [2.24, 2.45) is 0 Å². The number of nitrogens with zero attached hydrogens (tertiary/aromatic N) is 3. The molecule has 3 aromatic rings. The number of hydrogen-bond acceptors (Lipinski definition) is 8. The standard InChI is InChI=1S/C25H31N5O4/c1-15(2)33-22-8-7-17(11-21(22)26)25-28-24(29-34-25)20-6-4-5-18-12-30(10-9-19(18)20)13-23(32)27-16(3)14-31/h4-8,11,15-16,31H,9-10,12-14,26H2,1-3H3,(H,27,32)/t16-/m0/s1. The Morgan fingerprint density at radius 2 is 2.12 bits per heavy atom. The van der Waals surface area contributed by atoms with Gasteiger partial charge in [0.05, 0.1) is 24.9 Å². The number of carbonyl (C=O) groups excluding carboxylic acids is 1. The minimum atomic E-state index is -0.252. The Hall–Kier alpha value is -3.43. The number of amides is 1. The Morgan fingerprint density at radius 1 is 1.29 bits per heavy atom. The van der Waals surface area contributed by atoms with Crippen LogP contribution in [0.4, 0.5) is 5.69 Å². The van der Waals surface area contributed by atoms with Crippen LogP contribution < -0.4 is 15.8 Å². The molecule has 0 fully saturated rings. The number of nitrogens with two attached hydrogens (primary N) is 1. The van der Waals surface area contributed by atoms with E-state index in [0.29, 0.717) is 29.7 Å². The maximum absolute atomic E-state index is 12.2. The second-order valence-corrected chi connectivity index (χ2v) is 8.90. The molecule has 9 nitrogen and oxygen atoms in total. The van der Waals surface area contributed by atoms with Crippen molar-refractivity contribution in [1.29, 1.82) is 0 Å². The second-order valence-electron chi connectivity index (χ2n) is 8.90. The van der Waals surface area contributed by atoms with E-state index in [1.807, 2.05) is 38.1 Å². The summed E-state index contributed by atoms with van der Waals surface area (Å²) in [6.45, 7) is 7.28. The van der Waals surface area contributed by atoms with Crippen LogP contribution in [-0.2, 0) is 17.8 Å². The average Bonchev–Trinajstić information content (AvgIpc) is 3.29. The quantitative estimate of drug-likeness (QED) is 0.433. The maximum Gasteiger partial charge on any atom is 0.258 e. The normalized spacial score (nSPS) is 14.6. The zero-order valence-electron chi connectivity index (χ0n) is 19.7. The van der Waals surface area contributed by atoms with Gasteiger partial charge in [0.2, 0.25) is 11.7 Å². The lowest BCUT2D eigenvalue weighted by Gasteiger charge is -2.29. The van der Waals surface area contributed by atoms with Gasteiger partial charge in [0.25, 0.3) is 5.89 Å². The topological polar surface area (TPSA) is 127 Å². The van der Waals surface area contributed by atoms with E-state index in [1.54, 1.807) is 13.0 Å². The minimum absolute atomic E-state index is 0.0295. The highest BCUT2D eigenvalue weighted by molar-refractivity contribution is 5.78. The third-order valence-electron chi connectivity index (χ3n) is 5.68. The van der Waals surface area contributed by atoms with Gasteiger partial charge in [-0.1, -0.05) is 23.4 Å². The van der Waals surface area contributed by atoms with E-state index in [1.165, 1.54) is 0 Å². The van der Waals surface area contributed by atoms with Gasteiger partial charge >= 0.3 is 0 Å². The number of benzene rings is 2. The number of ether oxygens (including phenoxy) is 1. The molecule has 1 atom stereocenters. The van der Waals surface area contributed by atoms with E-state index in [9.17, 15) is 4.79 Å². The van der Waals surface area contributed by atoms with Crippen molar-refractivity contribution in [2.45, 2.75) is 45.9 Å². The summed E-state index contributed by atoms with van der Waals surface area (Å²) in [5, 5.41) is 16.1.